The molecule has 0 saturated carbocycles. The maximum absolute atomic E-state index is 9.70. The summed E-state index contributed by atoms with van der Waals surface area (Å²) in [6.07, 6.45) is 6.67. The summed E-state index contributed by atoms with van der Waals surface area (Å²) in [5.74, 6) is 0. The maximum Gasteiger partial charge on any atom is 0.101 e. The van der Waals surface area contributed by atoms with Crippen LogP contribution in [-0.4, -0.2) is 9.97 Å². The lowest BCUT2D eigenvalue weighted by atomic mass is 9.85. The molecule has 0 bridgehead atoms. The molecule has 7 rings (SSSR count). The molecule has 0 amide bonds. The van der Waals surface area contributed by atoms with Crippen LogP contribution in [0, 0.1) is 22.7 Å². The number of nitriles is 2. The Morgan fingerprint density at radius 1 is 0.429 bits per heavy atom. The summed E-state index contributed by atoms with van der Waals surface area (Å²) >= 11 is 0. The average molecular weight is 535 g/mol. The molecular formula is C38H22N4. The second-order valence-electron chi connectivity index (χ2n) is 10.1. The predicted molar refractivity (Wildman–Crippen MR) is 168 cm³/mol. The van der Waals surface area contributed by atoms with Crippen LogP contribution in [0.1, 0.15) is 11.1 Å². The smallest absolute Gasteiger partial charge is 0.101 e. The minimum Gasteiger partial charge on any atom is -0.263 e. The van der Waals surface area contributed by atoms with Crippen LogP contribution in [0.15, 0.2) is 134 Å². The summed E-state index contributed by atoms with van der Waals surface area (Å²) < 4.78 is 0. The maximum atomic E-state index is 9.70. The van der Waals surface area contributed by atoms with Gasteiger partial charge < -0.3 is 0 Å². The van der Waals surface area contributed by atoms with E-state index in [9.17, 15) is 10.5 Å². The van der Waals surface area contributed by atoms with Crippen molar-refractivity contribution >= 4 is 21.5 Å². The monoisotopic (exact) mass is 534 g/mol. The fourth-order valence-electron chi connectivity index (χ4n) is 5.91. The molecule has 0 atom stereocenters. The number of aromatic nitrogens is 2. The van der Waals surface area contributed by atoms with Crippen molar-refractivity contribution in [3.05, 3.63) is 145 Å². The Bertz CT molecular complexity index is 2020. The van der Waals surface area contributed by atoms with E-state index in [-0.39, 0.29) is 0 Å². The van der Waals surface area contributed by atoms with Crippen LogP contribution < -0.4 is 0 Å². The topological polar surface area (TPSA) is 73.4 Å². The van der Waals surface area contributed by atoms with Crippen molar-refractivity contribution in [1.29, 1.82) is 10.5 Å². The van der Waals surface area contributed by atoms with Crippen LogP contribution in [0.25, 0.3) is 66.1 Å². The zero-order valence-electron chi connectivity index (χ0n) is 22.5. The highest BCUT2D eigenvalue weighted by Gasteiger charge is 2.18. The summed E-state index contributed by atoms with van der Waals surface area (Å²) in [5.41, 5.74) is 9.24. The Balaban J connectivity index is 1.50. The fraction of sp³-hybridized carbons (Fsp3) is 0. The Hall–Kier alpha value is -6.10. The molecular weight excluding hydrogens is 512 g/mol. The van der Waals surface area contributed by atoms with Gasteiger partial charge in [-0.05, 0) is 79.2 Å². The molecule has 0 aliphatic carbocycles. The first-order valence-corrected chi connectivity index (χ1v) is 13.6. The molecule has 4 heteroatoms. The molecule has 0 fully saturated rings. The molecule has 0 saturated heterocycles. The number of hydrogen-bond donors (Lipinski definition) is 0. The van der Waals surface area contributed by atoms with Crippen molar-refractivity contribution in [3.8, 4) is 56.6 Å². The first-order chi connectivity index (χ1) is 20.8. The minimum atomic E-state index is 0.549. The Kier molecular flexibility index (Phi) is 6.21. The van der Waals surface area contributed by atoms with Crippen LogP contribution in [0.2, 0.25) is 0 Å². The van der Waals surface area contributed by atoms with Gasteiger partial charge in [-0.15, -0.1) is 0 Å². The molecule has 0 N–H and O–H groups in total. The van der Waals surface area contributed by atoms with Gasteiger partial charge in [-0.3, -0.25) is 9.97 Å². The number of hydrogen-bond acceptors (Lipinski definition) is 4. The van der Waals surface area contributed by atoms with Gasteiger partial charge in [0.2, 0.25) is 0 Å². The van der Waals surface area contributed by atoms with Gasteiger partial charge in [0.15, 0.2) is 0 Å². The van der Waals surface area contributed by atoms with Gasteiger partial charge in [0, 0.05) is 35.9 Å². The van der Waals surface area contributed by atoms with Crippen molar-refractivity contribution in [2.75, 3.05) is 0 Å². The third-order valence-electron chi connectivity index (χ3n) is 7.74. The van der Waals surface area contributed by atoms with Crippen LogP contribution in [0.3, 0.4) is 0 Å². The van der Waals surface area contributed by atoms with Crippen LogP contribution >= 0.6 is 0 Å². The van der Waals surface area contributed by atoms with E-state index in [2.05, 4.69) is 107 Å². The van der Waals surface area contributed by atoms with Gasteiger partial charge >= 0.3 is 0 Å². The largest absolute Gasteiger partial charge is 0.263 e. The molecule has 4 nitrogen and oxygen atoms in total. The molecule has 2 aromatic heterocycles. The van der Waals surface area contributed by atoms with Crippen molar-refractivity contribution in [2.24, 2.45) is 0 Å². The van der Waals surface area contributed by atoms with Crippen molar-refractivity contribution in [2.45, 2.75) is 0 Å². The second kappa shape index (κ2) is 10.5. The zero-order chi connectivity index (χ0) is 28.5. The highest BCUT2D eigenvalue weighted by molar-refractivity contribution is 6.21. The zero-order valence-corrected chi connectivity index (χ0v) is 22.5. The van der Waals surface area contributed by atoms with Gasteiger partial charge in [-0.2, -0.15) is 10.5 Å². The standard InChI is InChI=1S/C38H22N4/c39-21-29-23-41-17-15-31(29)25-7-5-9-27(19-25)37-33-11-1-2-12-34(33)38(36-14-4-3-13-35(36)37)28-10-6-8-26(20-28)32-16-18-42-24-30(32)22-40/h1-20,23-24H. The minimum absolute atomic E-state index is 0.549. The second-order valence-corrected chi connectivity index (χ2v) is 10.1. The van der Waals surface area contributed by atoms with E-state index >= 15 is 0 Å². The average Bonchev–Trinajstić information content (AvgIpc) is 3.07. The Morgan fingerprint density at radius 3 is 1.19 bits per heavy atom. The number of nitrogens with zero attached hydrogens (tertiary/aromatic N) is 4. The molecule has 7 aromatic rings. The van der Waals surface area contributed by atoms with Gasteiger partial charge in [0.25, 0.3) is 0 Å². The molecule has 0 aliphatic heterocycles. The van der Waals surface area contributed by atoms with Gasteiger partial charge in [0.1, 0.15) is 12.1 Å². The number of benzene rings is 5. The van der Waals surface area contributed by atoms with Crippen molar-refractivity contribution in [1.82, 2.24) is 9.97 Å². The molecule has 194 valence electrons. The Labute approximate surface area is 243 Å². The molecule has 0 radical (unpaired) electrons. The van der Waals surface area contributed by atoms with E-state index in [0.29, 0.717) is 11.1 Å². The van der Waals surface area contributed by atoms with Crippen LogP contribution in [0.5, 0.6) is 0 Å². The quantitative estimate of drug-likeness (QED) is 0.211. The number of pyridine rings is 2. The van der Waals surface area contributed by atoms with Gasteiger partial charge in [-0.1, -0.05) is 84.9 Å². The van der Waals surface area contributed by atoms with Crippen LogP contribution in [0.4, 0.5) is 0 Å². The van der Waals surface area contributed by atoms with Gasteiger partial charge in [0.05, 0.1) is 11.1 Å². The highest BCUT2D eigenvalue weighted by Crippen LogP contribution is 2.44. The van der Waals surface area contributed by atoms with E-state index in [4.69, 9.17) is 0 Å². The summed E-state index contributed by atoms with van der Waals surface area (Å²) in [4.78, 5) is 8.27. The first-order valence-electron chi connectivity index (χ1n) is 13.6. The summed E-state index contributed by atoms with van der Waals surface area (Å²) in [6.45, 7) is 0. The number of fused-ring (bicyclic) bond motifs is 2. The lowest BCUT2D eigenvalue weighted by Gasteiger charge is -2.18. The van der Waals surface area contributed by atoms with E-state index in [1.165, 1.54) is 0 Å². The van der Waals surface area contributed by atoms with E-state index in [1.807, 2.05) is 24.3 Å². The van der Waals surface area contributed by atoms with Gasteiger partial charge in [-0.25, -0.2) is 0 Å². The van der Waals surface area contributed by atoms with Crippen molar-refractivity contribution in [3.63, 3.8) is 0 Å². The third-order valence-corrected chi connectivity index (χ3v) is 7.74. The molecule has 0 aliphatic rings. The summed E-state index contributed by atoms with van der Waals surface area (Å²) in [5, 5.41) is 24.0. The first kappa shape index (κ1) is 24.9. The molecule has 5 aromatic carbocycles. The van der Waals surface area contributed by atoms with E-state index in [0.717, 1.165) is 66.1 Å². The molecule has 42 heavy (non-hydrogen) atoms. The van der Waals surface area contributed by atoms with E-state index < -0.39 is 0 Å². The molecule has 0 unspecified atom stereocenters. The summed E-state index contributed by atoms with van der Waals surface area (Å²) in [6, 6.07) is 42.2. The normalized spacial score (nSPS) is 10.8. The SMILES string of the molecule is N#Cc1cnccc1-c1cccc(-c2c3ccccc3c(-c3cccc(-c4ccncc4C#N)c3)c3ccccc23)c1. The molecule has 0 spiro atoms. The fourth-order valence-corrected chi connectivity index (χ4v) is 5.91. The van der Waals surface area contributed by atoms with Crippen LogP contribution in [-0.2, 0) is 0 Å². The lowest BCUT2D eigenvalue weighted by Crippen LogP contribution is -1.92. The van der Waals surface area contributed by atoms with E-state index in [1.54, 1.807) is 24.8 Å². The number of rotatable bonds is 4. The molecule has 2 heterocycles. The lowest BCUT2D eigenvalue weighted by molar-refractivity contribution is 1.30. The predicted octanol–water partition coefficient (Wildman–Crippen LogP) is 9.19. The highest BCUT2D eigenvalue weighted by atomic mass is 14.6. The van der Waals surface area contributed by atoms with Crippen molar-refractivity contribution < 1.29 is 0 Å². The Morgan fingerprint density at radius 2 is 0.810 bits per heavy atom. The summed E-state index contributed by atoms with van der Waals surface area (Å²) in [7, 11) is 0. The third kappa shape index (κ3) is 4.16.